The summed E-state index contributed by atoms with van der Waals surface area (Å²) in [5.41, 5.74) is 16.2. The molecule has 4 heterocycles. The maximum atomic E-state index is 6.51. The Hall–Kier alpha value is -2.67. The van der Waals surface area contributed by atoms with Crippen LogP contribution in [0.15, 0.2) is 30.6 Å². The maximum absolute atomic E-state index is 6.51. The first-order valence-electron chi connectivity index (χ1n) is 8.17. The standard InChI is InChI=1S/C17H21N7/c1-23-7-4-11(5-8-23)15-13(12-3-2-6-20-10-12)9-14-21-17(19)22-24(14)16(15)18/h2-3,6,9-11H,4-5,7-8,18H2,1H3,(H2,19,22). The number of rotatable bonds is 2. The van der Waals surface area contributed by atoms with Gasteiger partial charge in [0.2, 0.25) is 5.95 Å². The van der Waals surface area contributed by atoms with Gasteiger partial charge in [0.05, 0.1) is 0 Å². The van der Waals surface area contributed by atoms with E-state index in [1.54, 1.807) is 10.7 Å². The van der Waals surface area contributed by atoms with Gasteiger partial charge in [0.25, 0.3) is 0 Å². The number of aromatic nitrogens is 4. The van der Waals surface area contributed by atoms with Crippen molar-refractivity contribution in [1.82, 2.24) is 24.5 Å². The van der Waals surface area contributed by atoms with Crippen LogP contribution in [0.25, 0.3) is 16.8 Å². The molecule has 24 heavy (non-hydrogen) atoms. The number of nitrogens with two attached hydrogens (primary N) is 2. The average molecular weight is 323 g/mol. The first-order valence-corrected chi connectivity index (χ1v) is 8.17. The molecule has 3 aromatic heterocycles. The largest absolute Gasteiger partial charge is 0.383 e. The molecule has 7 heteroatoms. The van der Waals surface area contributed by atoms with Crippen LogP contribution in [0.3, 0.4) is 0 Å². The molecule has 1 saturated heterocycles. The van der Waals surface area contributed by atoms with Crippen LogP contribution < -0.4 is 11.5 Å². The number of likely N-dealkylation sites (tertiary alicyclic amines) is 1. The van der Waals surface area contributed by atoms with Crippen molar-refractivity contribution in [3.63, 3.8) is 0 Å². The van der Waals surface area contributed by atoms with Gasteiger partial charge in [0.15, 0.2) is 5.65 Å². The molecule has 3 aromatic rings. The van der Waals surface area contributed by atoms with Crippen LogP contribution in [-0.2, 0) is 0 Å². The van der Waals surface area contributed by atoms with Gasteiger partial charge in [-0.25, -0.2) is 0 Å². The summed E-state index contributed by atoms with van der Waals surface area (Å²) in [6.45, 7) is 2.13. The molecular weight excluding hydrogens is 302 g/mol. The molecule has 0 aromatic carbocycles. The van der Waals surface area contributed by atoms with E-state index in [4.69, 9.17) is 11.5 Å². The van der Waals surface area contributed by atoms with Gasteiger partial charge in [-0.15, -0.1) is 5.10 Å². The lowest BCUT2D eigenvalue weighted by molar-refractivity contribution is 0.255. The fraction of sp³-hybridized carbons (Fsp3) is 0.353. The van der Waals surface area contributed by atoms with Crippen molar-refractivity contribution < 1.29 is 0 Å². The fourth-order valence-corrected chi connectivity index (χ4v) is 3.56. The quantitative estimate of drug-likeness (QED) is 0.746. The molecule has 0 saturated carbocycles. The number of anilines is 2. The number of nitrogen functional groups attached to an aromatic ring is 2. The lowest BCUT2D eigenvalue weighted by Gasteiger charge is -2.31. The number of nitrogens with zero attached hydrogens (tertiary/aromatic N) is 5. The molecule has 124 valence electrons. The minimum Gasteiger partial charge on any atom is -0.383 e. The summed E-state index contributed by atoms with van der Waals surface area (Å²) in [7, 11) is 2.16. The van der Waals surface area contributed by atoms with Gasteiger partial charge in [-0.1, -0.05) is 6.07 Å². The van der Waals surface area contributed by atoms with Crippen LogP contribution in [0.5, 0.6) is 0 Å². The molecule has 0 spiro atoms. The third kappa shape index (κ3) is 2.46. The van der Waals surface area contributed by atoms with Gasteiger partial charge in [0, 0.05) is 23.5 Å². The highest BCUT2D eigenvalue weighted by Crippen LogP contribution is 2.39. The Balaban J connectivity index is 1.93. The molecule has 0 radical (unpaired) electrons. The third-order valence-corrected chi connectivity index (χ3v) is 4.82. The second-order valence-corrected chi connectivity index (χ2v) is 6.42. The Morgan fingerprint density at radius 2 is 2.00 bits per heavy atom. The van der Waals surface area contributed by atoms with E-state index < -0.39 is 0 Å². The highest BCUT2D eigenvalue weighted by atomic mass is 15.3. The third-order valence-electron chi connectivity index (χ3n) is 4.82. The number of piperidine rings is 1. The number of pyridine rings is 2. The van der Waals surface area contributed by atoms with Crippen LogP contribution in [0, 0.1) is 0 Å². The zero-order valence-electron chi connectivity index (χ0n) is 13.7. The molecule has 4 rings (SSSR count). The van der Waals surface area contributed by atoms with Crippen LogP contribution in [-0.4, -0.2) is 44.6 Å². The Bertz CT molecular complexity index is 864. The maximum Gasteiger partial charge on any atom is 0.240 e. The van der Waals surface area contributed by atoms with E-state index in [-0.39, 0.29) is 5.95 Å². The molecule has 7 nitrogen and oxygen atoms in total. The van der Waals surface area contributed by atoms with Gasteiger partial charge in [-0.2, -0.15) is 9.50 Å². The van der Waals surface area contributed by atoms with Crippen molar-refractivity contribution in [3.8, 4) is 11.1 Å². The summed E-state index contributed by atoms with van der Waals surface area (Å²) in [4.78, 5) is 10.9. The molecule has 1 aliphatic heterocycles. The SMILES string of the molecule is CN1CCC(c2c(-c3cccnc3)cc3nc(N)nn3c2N)CC1. The van der Waals surface area contributed by atoms with Crippen molar-refractivity contribution in [2.24, 2.45) is 0 Å². The summed E-state index contributed by atoms with van der Waals surface area (Å²) in [5, 5.41) is 4.25. The molecule has 0 bridgehead atoms. The smallest absolute Gasteiger partial charge is 0.240 e. The summed E-state index contributed by atoms with van der Waals surface area (Å²) in [6, 6.07) is 6.01. The van der Waals surface area contributed by atoms with Gasteiger partial charge in [0.1, 0.15) is 5.82 Å². The summed E-state index contributed by atoms with van der Waals surface area (Å²) < 4.78 is 1.66. The predicted octanol–water partition coefficient (Wildman–Crippen LogP) is 1.76. The highest BCUT2D eigenvalue weighted by molar-refractivity contribution is 5.76. The van der Waals surface area contributed by atoms with Crippen LogP contribution in [0.2, 0.25) is 0 Å². The number of fused-ring (bicyclic) bond motifs is 1. The van der Waals surface area contributed by atoms with E-state index in [0.29, 0.717) is 17.4 Å². The average Bonchev–Trinajstić information content (AvgIpc) is 2.97. The Kier molecular flexibility index (Phi) is 3.57. The van der Waals surface area contributed by atoms with E-state index in [1.807, 2.05) is 18.3 Å². The molecule has 0 atom stereocenters. The Morgan fingerprint density at radius 3 is 2.71 bits per heavy atom. The summed E-state index contributed by atoms with van der Waals surface area (Å²) in [5.74, 6) is 1.26. The van der Waals surface area contributed by atoms with Crippen molar-refractivity contribution >= 4 is 17.4 Å². The topological polar surface area (TPSA) is 98.4 Å². The van der Waals surface area contributed by atoms with E-state index in [2.05, 4.69) is 33.1 Å². The van der Waals surface area contributed by atoms with Gasteiger partial charge >= 0.3 is 0 Å². The minimum atomic E-state index is 0.236. The lowest BCUT2D eigenvalue weighted by Crippen LogP contribution is -2.30. The summed E-state index contributed by atoms with van der Waals surface area (Å²) >= 11 is 0. The van der Waals surface area contributed by atoms with E-state index in [9.17, 15) is 0 Å². The molecule has 1 aliphatic rings. The predicted molar refractivity (Wildman–Crippen MR) is 94.5 cm³/mol. The number of hydrogen-bond donors (Lipinski definition) is 2. The number of hydrogen-bond acceptors (Lipinski definition) is 6. The van der Waals surface area contributed by atoms with E-state index >= 15 is 0 Å². The lowest BCUT2D eigenvalue weighted by atomic mass is 9.85. The normalized spacial score (nSPS) is 16.7. The zero-order chi connectivity index (χ0) is 16.7. The van der Waals surface area contributed by atoms with E-state index in [1.165, 1.54) is 0 Å². The van der Waals surface area contributed by atoms with Crippen molar-refractivity contribution in [2.45, 2.75) is 18.8 Å². The first kappa shape index (κ1) is 14.9. The molecular formula is C17H21N7. The molecule has 4 N–H and O–H groups in total. The summed E-state index contributed by atoms with van der Waals surface area (Å²) in [6.07, 6.45) is 5.78. The Labute approximate surface area is 140 Å². The molecule has 1 fully saturated rings. The molecule has 0 aliphatic carbocycles. The highest BCUT2D eigenvalue weighted by Gasteiger charge is 2.26. The van der Waals surface area contributed by atoms with Crippen molar-refractivity contribution in [1.29, 1.82) is 0 Å². The second kappa shape index (κ2) is 5.76. The first-order chi connectivity index (χ1) is 11.6. The Morgan fingerprint density at radius 1 is 1.21 bits per heavy atom. The van der Waals surface area contributed by atoms with E-state index in [0.717, 1.165) is 42.6 Å². The van der Waals surface area contributed by atoms with Crippen LogP contribution in [0.1, 0.15) is 24.3 Å². The minimum absolute atomic E-state index is 0.236. The fourth-order valence-electron chi connectivity index (χ4n) is 3.56. The van der Waals surface area contributed by atoms with Gasteiger partial charge in [-0.3, -0.25) is 4.98 Å². The van der Waals surface area contributed by atoms with Gasteiger partial charge < -0.3 is 16.4 Å². The van der Waals surface area contributed by atoms with Crippen LogP contribution in [0.4, 0.5) is 11.8 Å². The zero-order valence-corrected chi connectivity index (χ0v) is 13.7. The van der Waals surface area contributed by atoms with Crippen molar-refractivity contribution in [2.75, 3.05) is 31.6 Å². The second-order valence-electron chi connectivity index (χ2n) is 6.42. The molecule has 0 amide bonds. The van der Waals surface area contributed by atoms with Crippen molar-refractivity contribution in [3.05, 3.63) is 36.2 Å². The van der Waals surface area contributed by atoms with Crippen LogP contribution >= 0.6 is 0 Å². The monoisotopic (exact) mass is 323 g/mol. The van der Waals surface area contributed by atoms with Gasteiger partial charge in [-0.05, 0) is 56.6 Å². The molecule has 0 unspecified atom stereocenters.